The molecule has 4 aromatic rings. The van der Waals surface area contributed by atoms with E-state index in [-0.39, 0.29) is 24.7 Å². The molecular formula is C27H31N7O3. The van der Waals surface area contributed by atoms with Gasteiger partial charge in [-0.3, -0.25) is 19.9 Å². The largest absolute Gasteiger partial charge is 0.481 e. The maximum Gasteiger partial charge on any atom is 0.305 e. The minimum absolute atomic E-state index is 0.00300. The number of amides is 1. The second kappa shape index (κ2) is 12.3. The van der Waals surface area contributed by atoms with E-state index in [0.29, 0.717) is 29.0 Å². The second-order valence-corrected chi connectivity index (χ2v) is 7.92. The summed E-state index contributed by atoms with van der Waals surface area (Å²) in [4.78, 5) is 34.7. The fraction of sp³-hybridized carbons (Fsp3) is 0.222. The van der Waals surface area contributed by atoms with Crippen LogP contribution in [0.5, 0.6) is 0 Å². The minimum atomic E-state index is -0.994. The van der Waals surface area contributed by atoms with Crippen molar-refractivity contribution in [1.29, 1.82) is 5.41 Å². The molecule has 2 heterocycles. The molecule has 0 bridgehead atoms. The number of carboxylic acids is 1. The summed E-state index contributed by atoms with van der Waals surface area (Å²) in [7, 11) is 1.90. The number of carbonyl (C=O) groups is 2. The highest BCUT2D eigenvalue weighted by Gasteiger charge is 2.21. The molecule has 0 aliphatic heterocycles. The van der Waals surface area contributed by atoms with Gasteiger partial charge in [-0.15, -0.1) is 0 Å². The number of carbonyl (C=O) groups excluding carboxylic acids is 1. The zero-order chi connectivity index (χ0) is 26.9. The number of aliphatic carboxylic acids is 1. The fourth-order valence-electron chi connectivity index (χ4n) is 3.69. The molecule has 0 atom stereocenters. The third kappa shape index (κ3) is 6.49. The first-order chi connectivity index (χ1) is 17.8. The van der Waals surface area contributed by atoms with Gasteiger partial charge in [0.25, 0.3) is 5.91 Å². The highest BCUT2D eigenvalue weighted by molar-refractivity contribution is 6.07. The summed E-state index contributed by atoms with van der Waals surface area (Å²) in [6.45, 7) is 4.45. The van der Waals surface area contributed by atoms with Crippen molar-refractivity contribution in [1.82, 2.24) is 14.5 Å². The van der Waals surface area contributed by atoms with E-state index in [0.717, 1.165) is 17.0 Å². The monoisotopic (exact) mass is 501 g/mol. The molecule has 5 N–H and O–H groups in total. The molecule has 0 aliphatic carbocycles. The van der Waals surface area contributed by atoms with E-state index in [2.05, 4.69) is 15.3 Å². The van der Waals surface area contributed by atoms with Gasteiger partial charge in [0.05, 0.1) is 24.0 Å². The molecule has 0 fully saturated rings. The predicted octanol–water partition coefficient (Wildman–Crippen LogP) is 4.01. The molecule has 0 spiro atoms. The Morgan fingerprint density at radius 3 is 2.41 bits per heavy atom. The molecule has 10 heteroatoms. The highest BCUT2D eigenvalue weighted by Crippen LogP contribution is 2.21. The maximum atomic E-state index is 13.3. The minimum Gasteiger partial charge on any atom is -0.481 e. The molecule has 0 aliphatic rings. The standard InChI is InChI=1S/C25H25N7O3.C2H6/c1-31-20-10-7-17(25(35)32(13-11-23(33)34)21-4-2-3-12-28-21)14-19(20)30-22(31)15-29-18-8-5-16(6-9-18)24(26)27;1-2/h2-10,12,14,29H,11,13,15H2,1H3,(H3,26,27)(H,33,34);1-2H3. The average Bonchev–Trinajstić information content (AvgIpc) is 3.23. The van der Waals surface area contributed by atoms with Crippen molar-refractivity contribution >= 4 is 40.3 Å². The van der Waals surface area contributed by atoms with E-state index < -0.39 is 5.97 Å². The normalized spacial score (nSPS) is 10.4. The lowest BCUT2D eigenvalue weighted by atomic mass is 10.1. The number of anilines is 2. The van der Waals surface area contributed by atoms with Crippen molar-refractivity contribution in [2.24, 2.45) is 12.8 Å². The molecule has 0 unspecified atom stereocenters. The van der Waals surface area contributed by atoms with Crippen LogP contribution in [0.4, 0.5) is 11.5 Å². The van der Waals surface area contributed by atoms with Crippen molar-refractivity contribution in [3.05, 3.63) is 83.8 Å². The van der Waals surface area contributed by atoms with Crippen LogP contribution in [0, 0.1) is 5.41 Å². The van der Waals surface area contributed by atoms with Crippen molar-refractivity contribution < 1.29 is 14.7 Å². The topological polar surface area (TPSA) is 150 Å². The van der Waals surface area contributed by atoms with Gasteiger partial charge in [0.1, 0.15) is 17.5 Å². The van der Waals surface area contributed by atoms with Gasteiger partial charge >= 0.3 is 5.97 Å². The second-order valence-electron chi connectivity index (χ2n) is 7.92. The first-order valence-corrected chi connectivity index (χ1v) is 11.9. The van der Waals surface area contributed by atoms with Crippen molar-refractivity contribution in [2.75, 3.05) is 16.8 Å². The number of imidazole rings is 1. The quantitative estimate of drug-likeness (QED) is 0.200. The number of benzene rings is 2. The molecule has 10 nitrogen and oxygen atoms in total. The van der Waals surface area contributed by atoms with E-state index in [9.17, 15) is 9.59 Å². The Hall–Kier alpha value is -4.73. The molecule has 0 radical (unpaired) electrons. The van der Waals surface area contributed by atoms with E-state index in [1.165, 1.54) is 4.90 Å². The zero-order valence-corrected chi connectivity index (χ0v) is 21.1. The Balaban J connectivity index is 0.00000186. The van der Waals surface area contributed by atoms with Crippen molar-refractivity contribution in [3.63, 3.8) is 0 Å². The fourth-order valence-corrected chi connectivity index (χ4v) is 3.69. The van der Waals surface area contributed by atoms with Crippen LogP contribution in [-0.2, 0) is 18.4 Å². The van der Waals surface area contributed by atoms with Gasteiger partial charge < -0.3 is 20.7 Å². The van der Waals surface area contributed by atoms with Gasteiger partial charge in [-0.05, 0) is 54.6 Å². The predicted molar refractivity (Wildman–Crippen MR) is 145 cm³/mol. The summed E-state index contributed by atoms with van der Waals surface area (Å²) in [5, 5.41) is 19.9. The van der Waals surface area contributed by atoms with Gasteiger partial charge in [-0.2, -0.15) is 0 Å². The summed E-state index contributed by atoms with van der Waals surface area (Å²) in [6.07, 6.45) is 1.36. The Morgan fingerprint density at radius 1 is 1.08 bits per heavy atom. The SMILES string of the molecule is CC.Cn1c(CNc2ccc(C(=N)N)cc2)nc2cc(C(=O)N(CCC(=O)O)c3ccccn3)ccc21. The number of nitrogens with zero attached hydrogens (tertiary/aromatic N) is 4. The lowest BCUT2D eigenvalue weighted by Gasteiger charge is -2.21. The summed E-state index contributed by atoms with van der Waals surface area (Å²) in [6, 6.07) is 17.6. The van der Waals surface area contributed by atoms with Crippen LogP contribution < -0.4 is 16.0 Å². The Bertz CT molecular complexity index is 1380. The number of rotatable bonds is 9. The number of fused-ring (bicyclic) bond motifs is 1. The zero-order valence-electron chi connectivity index (χ0n) is 21.1. The molecular weight excluding hydrogens is 470 g/mol. The van der Waals surface area contributed by atoms with Crippen LogP contribution in [-0.4, -0.2) is 43.9 Å². The van der Waals surface area contributed by atoms with Gasteiger partial charge in [-0.1, -0.05) is 19.9 Å². The number of carboxylic acid groups (broad SMARTS) is 1. The van der Waals surface area contributed by atoms with Crippen molar-refractivity contribution in [3.8, 4) is 0 Å². The van der Waals surface area contributed by atoms with E-state index in [4.69, 9.17) is 16.2 Å². The van der Waals surface area contributed by atoms with Crippen LogP contribution in [0.3, 0.4) is 0 Å². The molecule has 2 aromatic heterocycles. The lowest BCUT2D eigenvalue weighted by molar-refractivity contribution is -0.136. The van der Waals surface area contributed by atoms with Gasteiger partial charge in [0.2, 0.25) is 0 Å². The highest BCUT2D eigenvalue weighted by atomic mass is 16.4. The average molecular weight is 502 g/mol. The number of amidine groups is 1. The first-order valence-electron chi connectivity index (χ1n) is 11.9. The van der Waals surface area contributed by atoms with Crippen LogP contribution in [0.2, 0.25) is 0 Å². The third-order valence-electron chi connectivity index (χ3n) is 5.59. The lowest BCUT2D eigenvalue weighted by Crippen LogP contribution is -2.33. The maximum absolute atomic E-state index is 13.3. The summed E-state index contributed by atoms with van der Waals surface area (Å²) in [5.74, 6) is -0.162. The van der Waals surface area contributed by atoms with E-state index >= 15 is 0 Å². The number of hydrogen-bond acceptors (Lipinski definition) is 6. The molecule has 2 aromatic carbocycles. The van der Waals surface area contributed by atoms with Crippen LogP contribution in [0.25, 0.3) is 11.0 Å². The third-order valence-corrected chi connectivity index (χ3v) is 5.59. The number of nitrogens with one attached hydrogen (secondary N) is 2. The van der Waals surface area contributed by atoms with Gasteiger partial charge in [0.15, 0.2) is 0 Å². The molecule has 0 saturated carbocycles. The van der Waals surface area contributed by atoms with Crippen LogP contribution in [0.1, 0.15) is 42.0 Å². The van der Waals surface area contributed by atoms with Gasteiger partial charge in [0, 0.05) is 36.6 Å². The van der Waals surface area contributed by atoms with E-state index in [1.807, 2.05) is 43.7 Å². The molecule has 37 heavy (non-hydrogen) atoms. The first kappa shape index (κ1) is 26.9. The van der Waals surface area contributed by atoms with Crippen LogP contribution in [0.15, 0.2) is 66.9 Å². The van der Waals surface area contributed by atoms with Crippen molar-refractivity contribution in [2.45, 2.75) is 26.8 Å². The molecule has 4 rings (SSSR count). The summed E-state index contributed by atoms with van der Waals surface area (Å²) in [5.41, 5.74) is 8.92. The number of aromatic nitrogens is 3. The van der Waals surface area contributed by atoms with Gasteiger partial charge in [-0.25, -0.2) is 9.97 Å². The Kier molecular flexibility index (Phi) is 8.93. The summed E-state index contributed by atoms with van der Waals surface area (Å²) < 4.78 is 1.95. The molecule has 0 saturated heterocycles. The Morgan fingerprint density at radius 2 is 1.78 bits per heavy atom. The Labute approximate surface area is 215 Å². The van der Waals surface area contributed by atoms with Crippen LogP contribution >= 0.6 is 0 Å². The number of aryl methyl sites for hydroxylation is 1. The summed E-state index contributed by atoms with van der Waals surface area (Å²) >= 11 is 0. The molecule has 1 amide bonds. The smallest absolute Gasteiger partial charge is 0.305 e. The number of hydrogen-bond donors (Lipinski definition) is 4. The number of pyridine rings is 1. The number of nitrogen functional groups attached to an aromatic ring is 1. The number of nitrogens with two attached hydrogens (primary N) is 1. The molecule has 192 valence electrons. The van der Waals surface area contributed by atoms with E-state index in [1.54, 1.807) is 48.7 Å².